The Morgan fingerprint density at radius 3 is 2.38 bits per heavy atom. The van der Waals surface area contributed by atoms with Crippen LogP contribution in [0.4, 0.5) is 4.79 Å². The summed E-state index contributed by atoms with van der Waals surface area (Å²) in [6, 6.07) is 0. The molecular formula is C15H28N2O4. The van der Waals surface area contributed by atoms with Crippen LogP contribution in [0.3, 0.4) is 0 Å². The van der Waals surface area contributed by atoms with Gasteiger partial charge in [-0.05, 0) is 20.8 Å². The second-order valence-electron chi connectivity index (χ2n) is 6.96. The number of amides is 1. The first-order valence-electron chi connectivity index (χ1n) is 7.68. The number of ether oxygens (including phenoxy) is 3. The topological polar surface area (TPSA) is 51.2 Å². The summed E-state index contributed by atoms with van der Waals surface area (Å²) in [6.45, 7) is 11.7. The SMILES string of the molecule is COCCOC1CN(CC2CN(C(=O)OC(C)(C)C)C2)C1. The molecule has 1 amide bonds. The van der Waals surface area contributed by atoms with Crippen molar-refractivity contribution in [3.63, 3.8) is 0 Å². The van der Waals surface area contributed by atoms with Crippen molar-refractivity contribution in [1.82, 2.24) is 9.80 Å². The standard InChI is InChI=1S/C15H28N2O4/c1-15(2,3)21-14(18)17-8-12(9-17)7-16-10-13(11-16)20-6-5-19-4/h12-13H,5-11H2,1-4H3. The summed E-state index contributed by atoms with van der Waals surface area (Å²) in [5.41, 5.74) is -0.410. The number of hydrogen-bond donors (Lipinski definition) is 0. The van der Waals surface area contributed by atoms with E-state index in [1.165, 1.54) is 0 Å². The van der Waals surface area contributed by atoms with Crippen LogP contribution in [0.25, 0.3) is 0 Å². The largest absolute Gasteiger partial charge is 0.444 e. The fourth-order valence-electron chi connectivity index (χ4n) is 2.60. The van der Waals surface area contributed by atoms with Crippen LogP contribution in [0.15, 0.2) is 0 Å². The van der Waals surface area contributed by atoms with Crippen molar-refractivity contribution in [1.29, 1.82) is 0 Å². The molecule has 0 spiro atoms. The molecule has 0 radical (unpaired) electrons. The van der Waals surface area contributed by atoms with Crippen molar-refractivity contribution in [3.8, 4) is 0 Å². The Hall–Kier alpha value is -0.850. The molecule has 0 atom stereocenters. The summed E-state index contributed by atoms with van der Waals surface area (Å²) in [5.74, 6) is 0.567. The van der Waals surface area contributed by atoms with E-state index in [0.29, 0.717) is 25.2 Å². The van der Waals surface area contributed by atoms with E-state index in [-0.39, 0.29) is 6.09 Å². The summed E-state index contributed by atoms with van der Waals surface area (Å²) >= 11 is 0. The highest BCUT2D eigenvalue weighted by molar-refractivity contribution is 5.69. The van der Waals surface area contributed by atoms with Gasteiger partial charge >= 0.3 is 6.09 Å². The van der Waals surface area contributed by atoms with Gasteiger partial charge in [0.1, 0.15) is 5.60 Å². The lowest BCUT2D eigenvalue weighted by Gasteiger charge is -2.46. The summed E-state index contributed by atoms with van der Waals surface area (Å²) in [5, 5.41) is 0. The van der Waals surface area contributed by atoms with E-state index < -0.39 is 5.60 Å². The van der Waals surface area contributed by atoms with E-state index in [2.05, 4.69) is 4.90 Å². The molecule has 0 N–H and O–H groups in total. The quantitative estimate of drug-likeness (QED) is 0.690. The van der Waals surface area contributed by atoms with Crippen molar-refractivity contribution < 1.29 is 19.0 Å². The first kappa shape index (κ1) is 16.5. The molecule has 0 aromatic carbocycles. The lowest BCUT2D eigenvalue weighted by molar-refractivity contribution is -0.0798. The lowest BCUT2D eigenvalue weighted by atomic mass is 9.98. The highest BCUT2D eigenvalue weighted by Gasteiger charge is 2.37. The van der Waals surface area contributed by atoms with Crippen molar-refractivity contribution in [2.24, 2.45) is 5.92 Å². The first-order valence-corrected chi connectivity index (χ1v) is 7.68. The maximum Gasteiger partial charge on any atom is 0.410 e. The van der Waals surface area contributed by atoms with Crippen molar-refractivity contribution in [2.45, 2.75) is 32.5 Å². The Morgan fingerprint density at radius 2 is 1.81 bits per heavy atom. The van der Waals surface area contributed by atoms with E-state index in [4.69, 9.17) is 14.2 Å². The third-order valence-electron chi connectivity index (χ3n) is 3.69. The van der Waals surface area contributed by atoms with Gasteiger partial charge in [-0.15, -0.1) is 0 Å². The molecule has 2 fully saturated rings. The fourth-order valence-corrected chi connectivity index (χ4v) is 2.60. The molecule has 21 heavy (non-hydrogen) atoms. The van der Waals surface area contributed by atoms with Gasteiger partial charge in [0.15, 0.2) is 0 Å². The van der Waals surface area contributed by atoms with Gasteiger partial charge in [0.2, 0.25) is 0 Å². The van der Waals surface area contributed by atoms with Gasteiger partial charge in [-0.2, -0.15) is 0 Å². The van der Waals surface area contributed by atoms with Crippen LogP contribution in [-0.2, 0) is 14.2 Å². The van der Waals surface area contributed by atoms with Crippen LogP contribution in [0.1, 0.15) is 20.8 Å². The molecule has 2 saturated heterocycles. The molecule has 0 unspecified atom stereocenters. The minimum Gasteiger partial charge on any atom is -0.444 e. The zero-order valence-corrected chi connectivity index (χ0v) is 13.6. The summed E-state index contributed by atoms with van der Waals surface area (Å²) < 4.78 is 16.0. The second kappa shape index (κ2) is 6.94. The van der Waals surface area contributed by atoms with Gasteiger partial charge in [0, 0.05) is 45.8 Å². The maximum atomic E-state index is 11.8. The highest BCUT2D eigenvalue weighted by Crippen LogP contribution is 2.22. The van der Waals surface area contributed by atoms with Crippen molar-refractivity contribution in [2.75, 3.05) is 53.0 Å². The molecule has 0 saturated carbocycles. The van der Waals surface area contributed by atoms with Crippen LogP contribution in [-0.4, -0.2) is 80.6 Å². The molecule has 2 aliphatic rings. The van der Waals surface area contributed by atoms with Gasteiger partial charge in [-0.1, -0.05) is 0 Å². The molecule has 0 bridgehead atoms. The predicted octanol–water partition coefficient (Wildman–Crippen LogP) is 1.20. The number of rotatable bonds is 6. The predicted molar refractivity (Wildman–Crippen MR) is 79.4 cm³/mol. The van der Waals surface area contributed by atoms with Gasteiger partial charge in [-0.25, -0.2) is 4.79 Å². The number of hydrogen-bond acceptors (Lipinski definition) is 5. The lowest BCUT2D eigenvalue weighted by Crippen LogP contribution is -2.60. The number of carbonyl (C=O) groups is 1. The number of nitrogens with zero attached hydrogens (tertiary/aromatic N) is 2. The summed E-state index contributed by atoms with van der Waals surface area (Å²) in [4.78, 5) is 16.0. The van der Waals surface area contributed by atoms with Gasteiger partial charge in [0.05, 0.1) is 19.3 Å². The number of methoxy groups -OCH3 is 1. The molecule has 0 aliphatic carbocycles. The third kappa shape index (κ3) is 5.13. The van der Waals surface area contributed by atoms with Crippen LogP contribution in [0.5, 0.6) is 0 Å². The van der Waals surface area contributed by atoms with Gasteiger partial charge in [-0.3, -0.25) is 4.90 Å². The van der Waals surface area contributed by atoms with Crippen LogP contribution >= 0.6 is 0 Å². The monoisotopic (exact) mass is 300 g/mol. The molecule has 122 valence electrons. The zero-order valence-electron chi connectivity index (χ0n) is 13.6. The Morgan fingerprint density at radius 1 is 1.14 bits per heavy atom. The minimum atomic E-state index is -0.410. The van der Waals surface area contributed by atoms with Crippen molar-refractivity contribution >= 4 is 6.09 Å². The Labute approximate surface area is 127 Å². The average Bonchev–Trinajstić information content (AvgIpc) is 2.25. The summed E-state index contributed by atoms with van der Waals surface area (Å²) in [6.07, 6.45) is 0.158. The molecule has 2 aliphatic heterocycles. The van der Waals surface area contributed by atoms with E-state index in [0.717, 1.165) is 32.7 Å². The second-order valence-corrected chi connectivity index (χ2v) is 6.96. The van der Waals surface area contributed by atoms with Crippen LogP contribution in [0.2, 0.25) is 0 Å². The molecule has 0 aromatic heterocycles. The van der Waals surface area contributed by atoms with Crippen molar-refractivity contribution in [3.05, 3.63) is 0 Å². The van der Waals surface area contributed by atoms with E-state index in [1.807, 2.05) is 20.8 Å². The zero-order chi connectivity index (χ0) is 15.5. The Balaban J connectivity index is 1.53. The number of likely N-dealkylation sites (tertiary alicyclic amines) is 2. The van der Waals surface area contributed by atoms with E-state index >= 15 is 0 Å². The smallest absolute Gasteiger partial charge is 0.410 e. The van der Waals surface area contributed by atoms with Crippen LogP contribution < -0.4 is 0 Å². The Kier molecular flexibility index (Phi) is 5.46. The van der Waals surface area contributed by atoms with E-state index in [1.54, 1.807) is 12.0 Å². The molecule has 2 heterocycles. The van der Waals surface area contributed by atoms with Gasteiger partial charge in [0.25, 0.3) is 0 Å². The molecular weight excluding hydrogens is 272 g/mol. The van der Waals surface area contributed by atoms with E-state index in [9.17, 15) is 4.79 Å². The number of carbonyl (C=O) groups excluding carboxylic acids is 1. The first-order chi connectivity index (χ1) is 9.87. The third-order valence-corrected chi connectivity index (χ3v) is 3.69. The van der Waals surface area contributed by atoms with Crippen LogP contribution in [0, 0.1) is 5.92 Å². The van der Waals surface area contributed by atoms with Gasteiger partial charge < -0.3 is 19.1 Å². The average molecular weight is 300 g/mol. The Bertz CT molecular complexity index is 344. The maximum absolute atomic E-state index is 11.8. The molecule has 2 rings (SSSR count). The highest BCUT2D eigenvalue weighted by atomic mass is 16.6. The molecule has 6 heteroatoms. The minimum absolute atomic E-state index is 0.192. The molecule has 0 aromatic rings. The normalized spacial score (nSPS) is 21.0. The fraction of sp³-hybridized carbons (Fsp3) is 0.933. The summed E-state index contributed by atoms with van der Waals surface area (Å²) in [7, 11) is 1.68. The molecule has 6 nitrogen and oxygen atoms in total.